The Morgan fingerprint density at radius 2 is 2.17 bits per heavy atom. The van der Waals surface area contributed by atoms with Crippen LogP contribution < -0.4 is 5.73 Å². The lowest BCUT2D eigenvalue weighted by Gasteiger charge is -2.09. The van der Waals surface area contributed by atoms with E-state index >= 15 is 0 Å². The van der Waals surface area contributed by atoms with E-state index < -0.39 is 0 Å². The van der Waals surface area contributed by atoms with Crippen LogP contribution in [0.3, 0.4) is 0 Å². The third kappa shape index (κ3) is 3.03. The third-order valence-electron chi connectivity index (χ3n) is 2.71. The van der Waals surface area contributed by atoms with Gasteiger partial charge in [0.25, 0.3) is 0 Å². The van der Waals surface area contributed by atoms with Gasteiger partial charge in [0.15, 0.2) is 0 Å². The molecule has 0 fully saturated rings. The Bertz CT molecular complexity index is 524. The normalized spacial score (nSPS) is 11.9. The summed E-state index contributed by atoms with van der Waals surface area (Å²) < 4.78 is 4.89. The molecular weight excluding hydrogens is 252 g/mol. The van der Waals surface area contributed by atoms with E-state index in [1.807, 2.05) is 30.5 Å². The van der Waals surface area contributed by atoms with Gasteiger partial charge < -0.3 is 15.5 Å². The summed E-state index contributed by atoms with van der Waals surface area (Å²) >= 11 is 0. The van der Waals surface area contributed by atoms with Crippen molar-refractivity contribution in [3.63, 3.8) is 0 Å². The summed E-state index contributed by atoms with van der Waals surface area (Å²) in [6.45, 7) is 2.18. The van der Waals surface area contributed by atoms with Crippen molar-refractivity contribution in [2.24, 2.45) is 5.73 Å². The van der Waals surface area contributed by atoms with Crippen LogP contribution in [0.5, 0.6) is 0 Å². The Labute approximate surface area is 112 Å². The summed E-state index contributed by atoms with van der Waals surface area (Å²) in [5, 5.41) is 1.06. The molecule has 1 aromatic carbocycles. The monoisotopic (exact) mass is 268 g/mol. The van der Waals surface area contributed by atoms with Crippen LogP contribution in [-0.2, 0) is 9.53 Å². The highest BCUT2D eigenvalue weighted by molar-refractivity contribution is 5.85. The number of aromatic amines is 1. The van der Waals surface area contributed by atoms with Crippen LogP contribution in [-0.4, -0.2) is 17.6 Å². The molecule has 3 N–H and O–H groups in total. The standard InChI is InChI=1S/C13H16N2O2.ClH/c1-2-17-13(16)7-11(14)10-8-15-12-6-4-3-5-9(10)12;/h3-6,8,11,15H,2,7,14H2,1H3;1H/t11-;/m0./s1. The SMILES string of the molecule is CCOC(=O)C[C@H](N)c1c[nH]c2ccccc12.Cl. The van der Waals surface area contributed by atoms with Crippen molar-refractivity contribution >= 4 is 29.3 Å². The first-order valence-corrected chi connectivity index (χ1v) is 5.69. The van der Waals surface area contributed by atoms with Crippen LogP contribution in [0.2, 0.25) is 0 Å². The topological polar surface area (TPSA) is 68.1 Å². The van der Waals surface area contributed by atoms with Crippen molar-refractivity contribution in [1.29, 1.82) is 0 Å². The zero-order valence-corrected chi connectivity index (χ0v) is 11.0. The molecule has 1 heterocycles. The second-order valence-electron chi connectivity index (χ2n) is 3.91. The van der Waals surface area contributed by atoms with Crippen LogP contribution in [0.25, 0.3) is 10.9 Å². The minimum Gasteiger partial charge on any atom is -0.466 e. The molecule has 5 heteroatoms. The molecule has 0 aliphatic carbocycles. The number of carbonyl (C=O) groups excluding carboxylic acids is 1. The van der Waals surface area contributed by atoms with Crippen molar-refractivity contribution < 1.29 is 9.53 Å². The molecule has 98 valence electrons. The second-order valence-corrected chi connectivity index (χ2v) is 3.91. The quantitative estimate of drug-likeness (QED) is 0.838. The van der Waals surface area contributed by atoms with E-state index in [1.54, 1.807) is 6.92 Å². The van der Waals surface area contributed by atoms with E-state index in [4.69, 9.17) is 10.5 Å². The number of hydrogen-bond acceptors (Lipinski definition) is 3. The Balaban J connectivity index is 0.00000162. The molecule has 1 atom stereocenters. The lowest BCUT2D eigenvalue weighted by molar-refractivity contribution is -0.143. The van der Waals surface area contributed by atoms with E-state index in [2.05, 4.69) is 4.98 Å². The number of halogens is 1. The van der Waals surface area contributed by atoms with E-state index in [-0.39, 0.29) is 30.8 Å². The van der Waals surface area contributed by atoms with Crippen molar-refractivity contribution in [1.82, 2.24) is 4.98 Å². The Morgan fingerprint density at radius 1 is 1.44 bits per heavy atom. The number of esters is 1. The number of carbonyl (C=O) groups is 1. The number of ether oxygens (including phenoxy) is 1. The van der Waals surface area contributed by atoms with Gasteiger partial charge in [0.1, 0.15) is 0 Å². The molecule has 0 amide bonds. The van der Waals surface area contributed by atoms with Crippen molar-refractivity contribution in [3.8, 4) is 0 Å². The first-order chi connectivity index (χ1) is 8.22. The lowest BCUT2D eigenvalue weighted by Crippen LogP contribution is -2.16. The predicted molar refractivity (Wildman–Crippen MR) is 73.7 cm³/mol. The number of hydrogen-bond donors (Lipinski definition) is 2. The van der Waals surface area contributed by atoms with Crippen molar-refractivity contribution in [2.75, 3.05) is 6.61 Å². The van der Waals surface area contributed by atoms with E-state index in [0.717, 1.165) is 16.5 Å². The summed E-state index contributed by atoms with van der Waals surface area (Å²) in [6, 6.07) is 7.56. The van der Waals surface area contributed by atoms with Gasteiger partial charge in [0.05, 0.1) is 13.0 Å². The van der Waals surface area contributed by atoms with Crippen LogP contribution in [0.4, 0.5) is 0 Å². The van der Waals surface area contributed by atoms with Gasteiger partial charge in [-0.05, 0) is 18.6 Å². The van der Waals surface area contributed by atoms with Gasteiger partial charge in [-0.25, -0.2) is 0 Å². The number of H-pyrrole nitrogens is 1. The van der Waals surface area contributed by atoms with Crippen LogP contribution >= 0.6 is 12.4 Å². The molecule has 0 radical (unpaired) electrons. The smallest absolute Gasteiger partial charge is 0.307 e. The first-order valence-electron chi connectivity index (χ1n) is 5.69. The minimum absolute atomic E-state index is 0. The van der Waals surface area contributed by atoms with Gasteiger partial charge in [-0.1, -0.05) is 18.2 Å². The molecule has 18 heavy (non-hydrogen) atoms. The molecule has 0 spiro atoms. The van der Waals surface area contributed by atoms with Gasteiger partial charge >= 0.3 is 5.97 Å². The molecule has 4 nitrogen and oxygen atoms in total. The van der Waals surface area contributed by atoms with Crippen molar-refractivity contribution in [3.05, 3.63) is 36.0 Å². The molecular formula is C13H17ClN2O2. The number of nitrogens with two attached hydrogens (primary N) is 1. The maximum absolute atomic E-state index is 11.4. The maximum atomic E-state index is 11.4. The van der Waals surface area contributed by atoms with Crippen LogP contribution in [0.1, 0.15) is 24.9 Å². The summed E-state index contributed by atoms with van der Waals surface area (Å²) in [4.78, 5) is 14.5. The fraction of sp³-hybridized carbons (Fsp3) is 0.308. The number of fused-ring (bicyclic) bond motifs is 1. The predicted octanol–water partition coefficient (Wildman–Crippen LogP) is 2.54. The van der Waals surface area contributed by atoms with Gasteiger partial charge in [-0.2, -0.15) is 0 Å². The minimum atomic E-state index is -0.329. The Morgan fingerprint density at radius 3 is 2.89 bits per heavy atom. The Kier molecular flexibility index (Phi) is 5.19. The zero-order chi connectivity index (χ0) is 12.3. The van der Waals surface area contributed by atoms with Gasteiger partial charge in [0.2, 0.25) is 0 Å². The van der Waals surface area contributed by atoms with E-state index in [1.165, 1.54) is 0 Å². The molecule has 2 aromatic rings. The highest BCUT2D eigenvalue weighted by Crippen LogP contribution is 2.24. The highest BCUT2D eigenvalue weighted by Gasteiger charge is 2.15. The summed E-state index contributed by atoms with van der Waals surface area (Å²) in [5.41, 5.74) is 8.00. The van der Waals surface area contributed by atoms with E-state index in [0.29, 0.717) is 6.61 Å². The number of benzene rings is 1. The molecule has 2 rings (SSSR count). The average molecular weight is 269 g/mol. The number of aromatic nitrogens is 1. The van der Waals surface area contributed by atoms with Crippen molar-refractivity contribution in [2.45, 2.75) is 19.4 Å². The first kappa shape index (κ1) is 14.5. The largest absolute Gasteiger partial charge is 0.466 e. The van der Waals surface area contributed by atoms with E-state index in [9.17, 15) is 4.79 Å². The fourth-order valence-electron chi connectivity index (χ4n) is 1.91. The lowest BCUT2D eigenvalue weighted by atomic mass is 10.0. The second kappa shape index (κ2) is 6.42. The molecule has 1 aromatic heterocycles. The summed E-state index contributed by atoms with van der Waals surface area (Å²) in [5.74, 6) is -0.259. The molecule has 0 unspecified atom stereocenters. The number of para-hydroxylation sites is 1. The fourth-order valence-corrected chi connectivity index (χ4v) is 1.91. The third-order valence-corrected chi connectivity index (χ3v) is 2.71. The molecule has 0 bridgehead atoms. The average Bonchev–Trinajstić information content (AvgIpc) is 2.72. The molecule has 0 aliphatic heterocycles. The zero-order valence-electron chi connectivity index (χ0n) is 10.2. The summed E-state index contributed by atoms with van der Waals surface area (Å²) in [6.07, 6.45) is 2.06. The number of nitrogens with one attached hydrogen (secondary N) is 1. The van der Waals surface area contributed by atoms with Crippen LogP contribution in [0, 0.1) is 0 Å². The summed E-state index contributed by atoms with van der Waals surface area (Å²) in [7, 11) is 0. The van der Waals surface area contributed by atoms with Gasteiger partial charge in [-0.3, -0.25) is 4.79 Å². The molecule has 0 saturated carbocycles. The van der Waals surface area contributed by atoms with Gasteiger partial charge in [0, 0.05) is 23.1 Å². The number of rotatable bonds is 4. The maximum Gasteiger partial charge on any atom is 0.307 e. The Hall–Kier alpha value is -1.52. The molecule has 0 saturated heterocycles. The highest BCUT2D eigenvalue weighted by atomic mass is 35.5. The molecule has 0 aliphatic rings. The van der Waals surface area contributed by atoms with Gasteiger partial charge in [-0.15, -0.1) is 12.4 Å². The van der Waals surface area contributed by atoms with Crippen LogP contribution in [0.15, 0.2) is 30.5 Å².